The van der Waals surface area contributed by atoms with Gasteiger partial charge in [-0.1, -0.05) is 12.1 Å². The number of urea groups is 1. The molecule has 1 aliphatic rings. The molecule has 0 fully saturated rings. The van der Waals surface area contributed by atoms with E-state index in [0.717, 1.165) is 12.1 Å². The van der Waals surface area contributed by atoms with E-state index in [-0.39, 0.29) is 11.3 Å². The first kappa shape index (κ1) is 19.5. The average molecular weight is 389 g/mol. The monoisotopic (exact) mass is 389 g/mol. The fourth-order valence-corrected chi connectivity index (χ4v) is 3.16. The molecule has 0 aliphatic carbocycles. The molecule has 146 valence electrons. The lowest BCUT2D eigenvalue weighted by atomic mass is 9.94. The summed E-state index contributed by atoms with van der Waals surface area (Å²) in [5.74, 6) is -3.26. The van der Waals surface area contributed by atoms with E-state index in [4.69, 9.17) is 0 Å². The Kier molecular flexibility index (Phi) is 5.39. The Hall–Kier alpha value is -3.29. The van der Waals surface area contributed by atoms with Crippen molar-refractivity contribution in [3.63, 3.8) is 0 Å². The molecule has 2 aromatic rings. The molecule has 2 N–H and O–H groups in total. The lowest BCUT2D eigenvalue weighted by molar-refractivity contribution is -0.113. The number of anilines is 1. The Morgan fingerprint density at radius 2 is 1.89 bits per heavy atom. The zero-order chi connectivity index (χ0) is 20.4. The molecule has 3 rings (SSSR count). The van der Waals surface area contributed by atoms with Crippen LogP contribution in [0, 0.1) is 17.5 Å². The van der Waals surface area contributed by atoms with E-state index < -0.39 is 35.4 Å². The smallest absolute Gasteiger partial charge is 0.322 e. The summed E-state index contributed by atoms with van der Waals surface area (Å²) < 4.78 is 40.3. The topological polar surface area (TPSA) is 61.4 Å². The normalized spacial score (nSPS) is 16.8. The van der Waals surface area contributed by atoms with Crippen LogP contribution in [0.2, 0.25) is 0 Å². The minimum absolute atomic E-state index is 0.0575. The molecule has 28 heavy (non-hydrogen) atoms. The fraction of sp³-hybridized carbons (Fsp3) is 0.200. The van der Waals surface area contributed by atoms with E-state index in [9.17, 15) is 22.8 Å². The lowest BCUT2D eigenvalue weighted by Crippen LogP contribution is -2.48. The number of allylic oxidation sites excluding steroid dienone is 1. The predicted molar refractivity (Wildman–Crippen MR) is 97.7 cm³/mol. The highest BCUT2D eigenvalue weighted by atomic mass is 19.2. The zero-order valence-electron chi connectivity index (χ0n) is 15.2. The van der Waals surface area contributed by atoms with Crippen LogP contribution in [0.3, 0.4) is 0 Å². The van der Waals surface area contributed by atoms with Gasteiger partial charge in [-0.25, -0.2) is 18.0 Å². The molecule has 0 spiro atoms. The van der Waals surface area contributed by atoms with E-state index in [2.05, 4.69) is 10.6 Å². The van der Waals surface area contributed by atoms with Gasteiger partial charge >= 0.3 is 6.03 Å². The first-order valence-corrected chi connectivity index (χ1v) is 8.62. The number of rotatable bonds is 4. The Morgan fingerprint density at radius 3 is 2.54 bits per heavy atom. The van der Waals surface area contributed by atoms with Crippen LogP contribution in [0.15, 0.2) is 53.7 Å². The quantitative estimate of drug-likeness (QED) is 0.827. The number of hydrogen-bond acceptors (Lipinski definition) is 2. The third-order valence-corrected chi connectivity index (χ3v) is 4.52. The molecule has 5 nitrogen and oxygen atoms in total. The molecule has 0 aromatic heterocycles. The molecule has 1 heterocycles. The van der Waals surface area contributed by atoms with Gasteiger partial charge in [-0.05, 0) is 43.7 Å². The number of carbonyl (C=O) groups is 2. The summed E-state index contributed by atoms with van der Waals surface area (Å²) in [4.78, 5) is 26.7. The van der Waals surface area contributed by atoms with Crippen molar-refractivity contribution in [1.82, 2.24) is 10.2 Å². The fourth-order valence-electron chi connectivity index (χ4n) is 3.16. The number of nitrogens with zero attached hydrogens (tertiary/aromatic N) is 1. The molecule has 2 aromatic carbocycles. The van der Waals surface area contributed by atoms with E-state index in [1.165, 1.54) is 29.2 Å². The van der Waals surface area contributed by atoms with Crippen LogP contribution in [0.1, 0.15) is 25.5 Å². The van der Waals surface area contributed by atoms with Crippen molar-refractivity contribution in [3.8, 4) is 0 Å². The molecule has 0 unspecified atom stereocenters. The number of carbonyl (C=O) groups excluding carboxylic acids is 2. The Balaban J connectivity index is 2.02. The van der Waals surface area contributed by atoms with Gasteiger partial charge in [0.2, 0.25) is 0 Å². The molecule has 0 bridgehead atoms. The number of halogens is 3. The Morgan fingerprint density at radius 1 is 1.14 bits per heavy atom. The first-order valence-electron chi connectivity index (χ1n) is 8.62. The number of nitrogens with one attached hydrogen (secondary N) is 2. The number of benzene rings is 2. The maximum atomic E-state index is 13.7. The summed E-state index contributed by atoms with van der Waals surface area (Å²) in [7, 11) is 0. The minimum Gasteiger partial charge on any atom is -0.326 e. The summed E-state index contributed by atoms with van der Waals surface area (Å²) in [5, 5.41) is 5.20. The molecule has 0 radical (unpaired) electrons. The van der Waals surface area contributed by atoms with Crippen LogP contribution in [0.25, 0.3) is 0 Å². The van der Waals surface area contributed by atoms with Gasteiger partial charge in [-0.3, -0.25) is 9.69 Å². The van der Waals surface area contributed by atoms with Crippen LogP contribution in [0.4, 0.5) is 23.7 Å². The van der Waals surface area contributed by atoms with E-state index in [1.807, 2.05) is 0 Å². The van der Waals surface area contributed by atoms with Crippen molar-refractivity contribution in [2.75, 3.05) is 11.9 Å². The van der Waals surface area contributed by atoms with Gasteiger partial charge in [0, 0.05) is 24.0 Å². The zero-order valence-corrected chi connectivity index (χ0v) is 15.2. The van der Waals surface area contributed by atoms with Crippen molar-refractivity contribution < 1.29 is 22.8 Å². The SMILES string of the molecule is CCN1C(=O)N[C@H](c2cccc(F)c2)C(C(=O)Nc2ccc(F)c(F)c2)=C1C. The maximum absolute atomic E-state index is 13.7. The van der Waals surface area contributed by atoms with Crippen LogP contribution in [-0.2, 0) is 4.79 Å². The maximum Gasteiger partial charge on any atom is 0.322 e. The molecular formula is C20H18F3N3O2. The largest absolute Gasteiger partial charge is 0.326 e. The van der Waals surface area contributed by atoms with Gasteiger partial charge in [0.15, 0.2) is 11.6 Å². The van der Waals surface area contributed by atoms with Crippen molar-refractivity contribution in [2.24, 2.45) is 0 Å². The third kappa shape index (κ3) is 3.71. The third-order valence-electron chi connectivity index (χ3n) is 4.52. The van der Waals surface area contributed by atoms with E-state index >= 15 is 0 Å². The highest BCUT2D eigenvalue weighted by molar-refractivity contribution is 6.06. The van der Waals surface area contributed by atoms with Crippen molar-refractivity contribution in [2.45, 2.75) is 19.9 Å². The second-order valence-corrected chi connectivity index (χ2v) is 6.26. The number of amides is 3. The predicted octanol–water partition coefficient (Wildman–Crippen LogP) is 4.10. The van der Waals surface area contributed by atoms with Gasteiger partial charge < -0.3 is 10.6 Å². The lowest BCUT2D eigenvalue weighted by Gasteiger charge is -2.35. The Bertz CT molecular complexity index is 975. The van der Waals surface area contributed by atoms with Crippen LogP contribution < -0.4 is 10.6 Å². The Labute approximate surface area is 159 Å². The van der Waals surface area contributed by atoms with Crippen molar-refractivity contribution in [3.05, 3.63) is 76.7 Å². The highest BCUT2D eigenvalue weighted by Crippen LogP contribution is 2.31. The van der Waals surface area contributed by atoms with E-state index in [0.29, 0.717) is 17.8 Å². The van der Waals surface area contributed by atoms with Crippen LogP contribution >= 0.6 is 0 Å². The van der Waals surface area contributed by atoms with Gasteiger partial charge in [0.05, 0.1) is 11.6 Å². The van der Waals surface area contributed by atoms with Gasteiger partial charge in [-0.2, -0.15) is 0 Å². The van der Waals surface area contributed by atoms with Crippen LogP contribution in [0.5, 0.6) is 0 Å². The summed E-state index contributed by atoms with van der Waals surface area (Å²) in [6.07, 6.45) is 0. The number of hydrogen-bond donors (Lipinski definition) is 2. The summed E-state index contributed by atoms with van der Waals surface area (Å²) in [6.45, 7) is 3.67. The van der Waals surface area contributed by atoms with Crippen molar-refractivity contribution >= 4 is 17.6 Å². The van der Waals surface area contributed by atoms with E-state index in [1.54, 1.807) is 19.9 Å². The highest BCUT2D eigenvalue weighted by Gasteiger charge is 2.35. The summed E-state index contributed by atoms with van der Waals surface area (Å²) >= 11 is 0. The second kappa shape index (κ2) is 7.75. The van der Waals surface area contributed by atoms with Gasteiger partial charge in [-0.15, -0.1) is 0 Å². The molecular weight excluding hydrogens is 371 g/mol. The molecule has 0 saturated carbocycles. The van der Waals surface area contributed by atoms with Crippen molar-refractivity contribution in [1.29, 1.82) is 0 Å². The second-order valence-electron chi connectivity index (χ2n) is 6.26. The van der Waals surface area contributed by atoms with Gasteiger partial charge in [0.25, 0.3) is 5.91 Å². The molecule has 8 heteroatoms. The first-order chi connectivity index (χ1) is 13.3. The molecule has 3 amide bonds. The van der Waals surface area contributed by atoms with Crippen LogP contribution in [-0.4, -0.2) is 23.4 Å². The van der Waals surface area contributed by atoms with Gasteiger partial charge in [0.1, 0.15) is 5.82 Å². The summed E-state index contributed by atoms with van der Waals surface area (Å²) in [6, 6.07) is 7.22. The average Bonchev–Trinajstić information content (AvgIpc) is 2.64. The molecule has 1 aliphatic heterocycles. The standard InChI is InChI=1S/C20H18F3N3O2/c1-3-26-11(2)17(19(27)24-14-7-8-15(22)16(23)10-14)18(25-20(26)28)12-5-4-6-13(21)9-12/h4-10,18H,3H2,1-2H3,(H,24,27)(H,25,28)/t18-/m1/s1. The molecule has 1 atom stereocenters. The minimum atomic E-state index is -1.10. The molecule has 0 saturated heterocycles. The summed E-state index contributed by atoms with van der Waals surface area (Å²) in [5.41, 5.74) is 1.01.